The van der Waals surface area contributed by atoms with Crippen molar-refractivity contribution in [3.63, 3.8) is 0 Å². The van der Waals surface area contributed by atoms with Gasteiger partial charge >= 0.3 is 0 Å². The minimum atomic E-state index is -0.0299. The maximum atomic E-state index is 4.33. The topological polar surface area (TPSA) is 55.6 Å². The molecule has 5 heteroatoms. The van der Waals surface area contributed by atoms with Crippen molar-refractivity contribution >= 4 is 0 Å². The zero-order valence-electron chi connectivity index (χ0n) is 12.0. The maximum Gasteiger partial charge on any atom is 0.0965 e. The van der Waals surface area contributed by atoms with Crippen molar-refractivity contribution in [2.75, 3.05) is 0 Å². The molecule has 0 radical (unpaired) electrons. The summed E-state index contributed by atoms with van der Waals surface area (Å²) in [6, 6.07) is 6.13. The molecule has 0 aliphatic carbocycles. The Morgan fingerprint density at radius 3 is 2.68 bits per heavy atom. The molecule has 1 N–H and O–H groups in total. The van der Waals surface area contributed by atoms with Crippen molar-refractivity contribution in [2.45, 2.75) is 45.8 Å². The number of nitrogens with zero attached hydrogens (tertiary/aromatic N) is 4. The Morgan fingerprint density at radius 1 is 1.32 bits per heavy atom. The van der Waals surface area contributed by atoms with Gasteiger partial charge in [-0.2, -0.15) is 0 Å². The van der Waals surface area contributed by atoms with E-state index >= 15 is 0 Å². The fourth-order valence-corrected chi connectivity index (χ4v) is 1.70. The third-order valence-corrected chi connectivity index (χ3v) is 2.95. The summed E-state index contributed by atoms with van der Waals surface area (Å²) in [7, 11) is 0. The van der Waals surface area contributed by atoms with Crippen LogP contribution in [0.25, 0.3) is 0 Å². The molecule has 102 valence electrons. The predicted octanol–water partition coefficient (Wildman–Crippen LogP) is 2.28. The zero-order chi connectivity index (χ0) is 13.9. The van der Waals surface area contributed by atoms with E-state index in [9.17, 15) is 0 Å². The molecular formula is C14H21N5. The molecule has 2 heterocycles. The zero-order valence-corrected chi connectivity index (χ0v) is 12.0. The van der Waals surface area contributed by atoms with E-state index in [4.69, 9.17) is 0 Å². The van der Waals surface area contributed by atoms with E-state index in [2.05, 4.69) is 48.3 Å². The molecule has 0 aliphatic heterocycles. The van der Waals surface area contributed by atoms with Crippen LogP contribution in [0.4, 0.5) is 0 Å². The number of hydrogen-bond donors (Lipinski definition) is 1. The van der Waals surface area contributed by atoms with Gasteiger partial charge in [0.2, 0.25) is 0 Å². The molecule has 19 heavy (non-hydrogen) atoms. The van der Waals surface area contributed by atoms with Crippen LogP contribution in [0.15, 0.2) is 30.6 Å². The molecule has 0 amide bonds. The Hall–Kier alpha value is -1.75. The van der Waals surface area contributed by atoms with Crippen LogP contribution in [0.5, 0.6) is 0 Å². The van der Waals surface area contributed by atoms with Gasteiger partial charge in [-0.05, 0) is 39.8 Å². The van der Waals surface area contributed by atoms with E-state index in [0.717, 1.165) is 11.4 Å². The largest absolute Gasteiger partial charge is 0.303 e. The molecule has 2 rings (SSSR count). The van der Waals surface area contributed by atoms with Crippen molar-refractivity contribution in [3.05, 3.63) is 42.0 Å². The number of pyridine rings is 1. The lowest BCUT2D eigenvalue weighted by Gasteiger charge is -2.17. The molecular weight excluding hydrogens is 238 g/mol. The first kappa shape index (κ1) is 13.7. The van der Waals surface area contributed by atoms with Crippen LogP contribution in [0, 0.1) is 0 Å². The average Bonchev–Trinajstić information content (AvgIpc) is 2.86. The van der Waals surface area contributed by atoms with Crippen LogP contribution >= 0.6 is 0 Å². The van der Waals surface area contributed by atoms with E-state index in [1.54, 1.807) is 0 Å². The van der Waals surface area contributed by atoms with Gasteiger partial charge in [-0.3, -0.25) is 4.98 Å². The molecule has 2 aromatic rings. The molecule has 1 unspecified atom stereocenters. The second-order valence-corrected chi connectivity index (χ2v) is 5.68. The molecule has 0 fully saturated rings. The Bertz CT molecular complexity index is 512. The lowest BCUT2D eigenvalue weighted by molar-refractivity contribution is 0.347. The minimum absolute atomic E-state index is 0.0299. The van der Waals surface area contributed by atoms with E-state index in [0.29, 0.717) is 6.54 Å². The molecule has 5 nitrogen and oxygen atoms in total. The molecule has 1 atom stereocenters. The maximum absolute atomic E-state index is 4.33. The first-order valence-corrected chi connectivity index (χ1v) is 6.53. The monoisotopic (exact) mass is 259 g/mol. The Kier molecular flexibility index (Phi) is 3.95. The highest BCUT2D eigenvalue weighted by Gasteiger charge is 2.15. The Morgan fingerprint density at radius 2 is 2.11 bits per heavy atom. The lowest BCUT2D eigenvalue weighted by Crippen LogP contribution is -2.22. The number of nitrogens with one attached hydrogen (secondary N) is 1. The number of aromatic nitrogens is 4. The smallest absolute Gasteiger partial charge is 0.0965 e. The van der Waals surface area contributed by atoms with Crippen LogP contribution in [-0.4, -0.2) is 20.0 Å². The van der Waals surface area contributed by atoms with Gasteiger partial charge < -0.3 is 5.32 Å². The lowest BCUT2D eigenvalue weighted by atomic mass is 10.1. The van der Waals surface area contributed by atoms with Crippen LogP contribution < -0.4 is 5.32 Å². The number of hydrogen-bond acceptors (Lipinski definition) is 4. The van der Waals surface area contributed by atoms with Crippen molar-refractivity contribution in [3.8, 4) is 0 Å². The standard InChI is InChI=1S/C14H21N5/c1-11(13-7-5-6-8-15-13)16-9-12-10-19(18-17-12)14(2,3)4/h5-8,10-11,16H,9H2,1-4H3. The summed E-state index contributed by atoms with van der Waals surface area (Å²) in [6.45, 7) is 9.10. The van der Waals surface area contributed by atoms with Gasteiger partial charge in [0.25, 0.3) is 0 Å². The van der Waals surface area contributed by atoms with E-state index in [1.165, 1.54) is 0 Å². The van der Waals surface area contributed by atoms with Gasteiger partial charge in [0, 0.05) is 18.8 Å². The SMILES string of the molecule is CC(NCc1cn(C(C)(C)C)nn1)c1ccccn1. The molecule has 0 aliphatic rings. The Balaban J connectivity index is 1.94. The summed E-state index contributed by atoms with van der Waals surface area (Å²) >= 11 is 0. The predicted molar refractivity (Wildman–Crippen MR) is 74.5 cm³/mol. The third kappa shape index (κ3) is 3.61. The highest BCUT2D eigenvalue weighted by atomic mass is 15.4. The fourth-order valence-electron chi connectivity index (χ4n) is 1.70. The van der Waals surface area contributed by atoms with E-state index < -0.39 is 0 Å². The summed E-state index contributed by atoms with van der Waals surface area (Å²) in [5, 5.41) is 11.7. The van der Waals surface area contributed by atoms with Crippen LogP contribution in [0.2, 0.25) is 0 Å². The first-order chi connectivity index (χ1) is 8.97. The molecule has 0 aromatic carbocycles. The molecule has 0 saturated carbocycles. The number of rotatable bonds is 4. The first-order valence-electron chi connectivity index (χ1n) is 6.53. The second kappa shape index (κ2) is 5.48. The van der Waals surface area contributed by atoms with E-state index in [-0.39, 0.29) is 11.6 Å². The van der Waals surface area contributed by atoms with Gasteiger partial charge in [0.1, 0.15) is 0 Å². The van der Waals surface area contributed by atoms with Gasteiger partial charge in [0.05, 0.1) is 23.1 Å². The quantitative estimate of drug-likeness (QED) is 0.915. The van der Waals surface area contributed by atoms with Crippen LogP contribution in [-0.2, 0) is 12.1 Å². The molecule has 2 aromatic heterocycles. The van der Waals surface area contributed by atoms with Crippen LogP contribution in [0.1, 0.15) is 45.1 Å². The third-order valence-electron chi connectivity index (χ3n) is 2.95. The fraction of sp³-hybridized carbons (Fsp3) is 0.500. The average molecular weight is 259 g/mol. The van der Waals surface area contributed by atoms with Gasteiger partial charge in [-0.1, -0.05) is 11.3 Å². The van der Waals surface area contributed by atoms with Crippen LogP contribution in [0.3, 0.4) is 0 Å². The van der Waals surface area contributed by atoms with Crippen molar-refractivity contribution in [2.24, 2.45) is 0 Å². The summed E-state index contributed by atoms with van der Waals surface area (Å²) in [4.78, 5) is 4.33. The molecule has 0 saturated heterocycles. The van der Waals surface area contributed by atoms with Gasteiger partial charge in [-0.25, -0.2) is 4.68 Å². The normalized spacial score (nSPS) is 13.5. The van der Waals surface area contributed by atoms with Crippen molar-refractivity contribution in [1.82, 2.24) is 25.3 Å². The van der Waals surface area contributed by atoms with E-state index in [1.807, 2.05) is 35.3 Å². The Labute approximate surface area is 114 Å². The van der Waals surface area contributed by atoms with Crippen molar-refractivity contribution in [1.29, 1.82) is 0 Å². The summed E-state index contributed by atoms with van der Waals surface area (Å²) in [5.41, 5.74) is 1.95. The molecule has 0 spiro atoms. The minimum Gasteiger partial charge on any atom is -0.303 e. The summed E-state index contributed by atoms with van der Waals surface area (Å²) in [6.07, 6.45) is 3.79. The second-order valence-electron chi connectivity index (χ2n) is 5.68. The highest BCUT2D eigenvalue weighted by Crippen LogP contribution is 2.13. The van der Waals surface area contributed by atoms with Gasteiger partial charge in [-0.15, -0.1) is 5.10 Å². The summed E-state index contributed by atoms with van der Waals surface area (Å²) < 4.78 is 1.88. The molecule has 0 bridgehead atoms. The van der Waals surface area contributed by atoms with Gasteiger partial charge in [0.15, 0.2) is 0 Å². The van der Waals surface area contributed by atoms with Crippen molar-refractivity contribution < 1.29 is 0 Å². The summed E-state index contributed by atoms with van der Waals surface area (Å²) in [5.74, 6) is 0. The highest BCUT2D eigenvalue weighted by molar-refractivity contribution is 5.08.